The first-order chi connectivity index (χ1) is 20.3. The van der Waals surface area contributed by atoms with Crippen molar-refractivity contribution in [2.75, 3.05) is 4.90 Å². The third-order valence-corrected chi connectivity index (χ3v) is 8.24. The molecule has 0 amide bonds. The molecule has 0 aliphatic heterocycles. The first-order valence-corrected chi connectivity index (χ1v) is 14.1. The van der Waals surface area contributed by atoms with Crippen LogP contribution in [0.1, 0.15) is 0 Å². The van der Waals surface area contributed by atoms with Crippen LogP contribution in [0.25, 0.3) is 54.2 Å². The second-order valence-electron chi connectivity index (χ2n) is 10.6. The fourth-order valence-electron chi connectivity index (χ4n) is 6.28. The first kappa shape index (κ1) is 23.5. The quantitative estimate of drug-likeness (QED) is 0.208. The van der Waals surface area contributed by atoms with Gasteiger partial charge in [0.05, 0.1) is 11.4 Å². The Morgan fingerprint density at radius 3 is 1.56 bits per heavy atom. The molecule has 0 saturated heterocycles. The molecule has 0 saturated carbocycles. The molecular formula is C40H27N. The molecule has 0 radical (unpaired) electrons. The van der Waals surface area contributed by atoms with Crippen molar-refractivity contribution in [2.45, 2.75) is 0 Å². The summed E-state index contributed by atoms with van der Waals surface area (Å²) in [6, 6.07) is 59.3. The summed E-state index contributed by atoms with van der Waals surface area (Å²) in [5.74, 6) is 0. The second kappa shape index (κ2) is 9.66. The van der Waals surface area contributed by atoms with Gasteiger partial charge in [0.2, 0.25) is 0 Å². The molecule has 41 heavy (non-hydrogen) atoms. The van der Waals surface area contributed by atoms with Gasteiger partial charge in [-0.15, -0.1) is 0 Å². The van der Waals surface area contributed by atoms with E-state index in [1.807, 2.05) is 0 Å². The minimum atomic E-state index is 1.13. The van der Waals surface area contributed by atoms with Crippen LogP contribution in [-0.2, 0) is 0 Å². The molecule has 0 aliphatic carbocycles. The van der Waals surface area contributed by atoms with Gasteiger partial charge in [-0.05, 0) is 67.7 Å². The minimum absolute atomic E-state index is 1.13. The van der Waals surface area contributed by atoms with Crippen molar-refractivity contribution in [3.05, 3.63) is 164 Å². The van der Waals surface area contributed by atoms with Gasteiger partial charge in [0.1, 0.15) is 0 Å². The molecule has 0 aliphatic rings. The summed E-state index contributed by atoms with van der Waals surface area (Å²) in [6.45, 7) is 0. The van der Waals surface area contributed by atoms with Crippen LogP contribution in [0.5, 0.6) is 0 Å². The van der Waals surface area contributed by atoms with E-state index >= 15 is 0 Å². The van der Waals surface area contributed by atoms with Gasteiger partial charge >= 0.3 is 0 Å². The van der Waals surface area contributed by atoms with Crippen LogP contribution in [0.4, 0.5) is 17.1 Å². The lowest BCUT2D eigenvalue weighted by Crippen LogP contribution is -2.11. The molecule has 8 aromatic carbocycles. The van der Waals surface area contributed by atoms with Crippen LogP contribution in [-0.4, -0.2) is 0 Å². The number of fused-ring (bicyclic) bond motifs is 6. The highest BCUT2D eigenvalue weighted by molar-refractivity contribution is 6.20. The molecule has 0 bridgehead atoms. The molecule has 0 aromatic heterocycles. The molecule has 8 rings (SSSR count). The van der Waals surface area contributed by atoms with Crippen molar-refractivity contribution in [3.63, 3.8) is 0 Å². The maximum Gasteiger partial charge on any atom is 0.0540 e. The Hall–Kier alpha value is -5.40. The highest BCUT2D eigenvalue weighted by Gasteiger charge is 2.18. The molecule has 0 N–H and O–H groups in total. The van der Waals surface area contributed by atoms with E-state index in [0.29, 0.717) is 0 Å². The van der Waals surface area contributed by atoms with E-state index in [9.17, 15) is 0 Å². The van der Waals surface area contributed by atoms with Crippen LogP contribution in [0.3, 0.4) is 0 Å². The predicted molar refractivity (Wildman–Crippen MR) is 177 cm³/mol. The van der Waals surface area contributed by atoms with Gasteiger partial charge in [-0.1, -0.05) is 140 Å². The summed E-state index contributed by atoms with van der Waals surface area (Å²) in [7, 11) is 0. The Kier molecular flexibility index (Phi) is 5.53. The van der Waals surface area contributed by atoms with E-state index in [1.165, 1.54) is 65.6 Å². The first-order valence-electron chi connectivity index (χ1n) is 14.1. The Morgan fingerprint density at radius 2 is 0.756 bits per heavy atom. The molecular weight excluding hydrogens is 494 g/mol. The molecule has 0 unspecified atom stereocenters. The third kappa shape index (κ3) is 3.94. The topological polar surface area (TPSA) is 3.24 Å². The van der Waals surface area contributed by atoms with E-state index in [2.05, 4.69) is 169 Å². The van der Waals surface area contributed by atoms with Crippen molar-refractivity contribution in [3.8, 4) is 11.1 Å². The smallest absolute Gasteiger partial charge is 0.0540 e. The SMILES string of the molecule is c1ccc(-c2ccc(N(c3cccc4ccccc34)c3cccc4c3ccc3c5ccccc5ccc43)cc2)cc1. The van der Waals surface area contributed by atoms with Crippen LogP contribution in [0, 0.1) is 0 Å². The maximum atomic E-state index is 2.42. The Balaban J connectivity index is 1.39. The summed E-state index contributed by atoms with van der Waals surface area (Å²) in [4.78, 5) is 2.42. The van der Waals surface area contributed by atoms with Crippen LogP contribution < -0.4 is 4.90 Å². The van der Waals surface area contributed by atoms with Crippen molar-refractivity contribution in [1.29, 1.82) is 0 Å². The lowest BCUT2D eigenvalue weighted by molar-refractivity contribution is 1.31. The van der Waals surface area contributed by atoms with Crippen LogP contribution >= 0.6 is 0 Å². The summed E-state index contributed by atoms with van der Waals surface area (Å²) >= 11 is 0. The van der Waals surface area contributed by atoms with Gasteiger partial charge < -0.3 is 4.90 Å². The van der Waals surface area contributed by atoms with Gasteiger partial charge in [0, 0.05) is 16.5 Å². The summed E-state index contributed by atoms with van der Waals surface area (Å²) in [5.41, 5.74) is 5.90. The third-order valence-electron chi connectivity index (χ3n) is 8.24. The van der Waals surface area contributed by atoms with E-state index in [-0.39, 0.29) is 0 Å². The fraction of sp³-hybridized carbons (Fsp3) is 0. The molecule has 0 atom stereocenters. The Morgan fingerprint density at radius 1 is 0.268 bits per heavy atom. The lowest BCUT2D eigenvalue weighted by atomic mass is 9.95. The van der Waals surface area contributed by atoms with Crippen LogP contribution in [0.2, 0.25) is 0 Å². The molecule has 1 heteroatoms. The minimum Gasteiger partial charge on any atom is -0.309 e. The van der Waals surface area contributed by atoms with Gasteiger partial charge in [0.15, 0.2) is 0 Å². The zero-order valence-corrected chi connectivity index (χ0v) is 22.5. The number of nitrogens with zero attached hydrogens (tertiary/aromatic N) is 1. The number of hydrogen-bond acceptors (Lipinski definition) is 1. The van der Waals surface area contributed by atoms with Crippen molar-refractivity contribution < 1.29 is 0 Å². The van der Waals surface area contributed by atoms with E-state index in [1.54, 1.807) is 0 Å². The molecule has 8 aromatic rings. The molecule has 0 spiro atoms. The van der Waals surface area contributed by atoms with E-state index in [4.69, 9.17) is 0 Å². The highest BCUT2D eigenvalue weighted by Crippen LogP contribution is 2.44. The van der Waals surface area contributed by atoms with Crippen molar-refractivity contribution >= 4 is 60.2 Å². The number of hydrogen-bond donors (Lipinski definition) is 0. The second-order valence-corrected chi connectivity index (χ2v) is 10.6. The van der Waals surface area contributed by atoms with Crippen molar-refractivity contribution in [2.24, 2.45) is 0 Å². The maximum absolute atomic E-state index is 2.42. The highest BCUT2D eigenvalue weighted by atomic mass is 15.1. The Bertz CT molecular complexity index is 2190. The van der Waals surface area contributed by atoms with Gasteiger partial charge in [-0.2, -0.15) is 0 Å². The zero-order valence-electron chi connectivity index (χ0n) is 22.5. The monoisotopic (exact) mass is 521 g/mol. The molecule has 0 fully saturated rings. The lowest BCUT2D eigenvalue weighted by Gasteiger charge is -2.28. The van der Waals surface area contributed by atoms with E-state index in [0.717, 1.165) is 5.69 Å². The van der Waals surface area contributed by atoms with E-state index < -0.39 is 0 Å². The largest absolute Gasteiger partial charge is 0.309 e. The number of rotatable bonds is 4. The predicted octanol–water partition coefficient (Wildman–Crippen LogP) is 11.4. The number of anilines is 3. The van der Waals surface area contributed by atoms with Crippen LogP contribution in [0.15, 0.2) is 164 Å². The summed E-state index contributed by atoms with van der Waals surface area (Å²) in [5, 5.41) is 10.1. The standard InChI is InChI=1S/C40H27N/c1-2-10-28(11-3-1)29-20-23-32(24-21-29)41(39-18-8-14-30-12-5-7-16-34(30)39)40-19-9-17-35-37-25-22-31-13-4-6-15-33(31)36(37)26-27-38(35)40/h1-27H. The summed E-state index contributed by atoms with van der Waals surface area (Å²) in [6.07, 6.45) is 0. The molecule has 192 valence electrons. The molecule has 0 heterocycles. The van der Waals surface area contributed by atoms with Gasteiger partial charge in [0.25, 0.3) is 0 Å². The average molecular weight is 522 g/mol. The zero-order chi connectivity index (χ0) is 27.2. The summed E-state index contributed by atoms with van der Waals surface area (Å²) < 4.78 is 0. The van der Waals surface area contributed by atoms with Gasteiger partial charge in [-0.3, -0.25) is 0 Å². The average Bonchev–Trinajstić information content (AvgIpc) is 3.05. The normalized spacial score (nSPS) is 11.4. The number of benzene rings is 8. The molecule has 1 nitrogen and oxygen atoms in total. The van der Waals surface area contributed by atoms with Crippen molar-refractivity contribution in [1.82, 2.24) is 0 Å². The van der Waals surface area contributed by atoms with Gasteiger partial charge in [-0.25, -0.2) is 0 Å². The fourth-order valence-corrected chi connectivity index (χ4v) is 6.28. The Labute approximate surface area is 239 Å².